The fourth-order valence-corrected chi connectivity index (χ4v) is 3.39. The molecule has 0 aliphatic rings. The van der Waals surface area contributed by atoms with Crippen LogP contribution < -0.4 is 16.0 Å². The topological polar surface area (TPSA) is 95.2 Å². The van der Waals surface area contributed by atoms with Gasteiger partial charge in [-0.05, 0) is 36.4 Å². The van der Waals surface area contributed by atoms with Gasteiger partial charge in [0.15, 0.2) is 5.96 Å². The van der Waals surface area contributed by atoms with Crippen molar-refractivity contribution >= 4 is 23.1 Å². The molecule has 0 aliphatic carbocycles. The molecule has 0 atom stereocenters. The van der Waals surface area contributed by atoms with Gasteiger partial charge < -0.3 is 20.9 Å². The Bertz CT molecular complexity index is 785. The van der Waals surface area contributed by atoms with Crippen molar-refractivity contribution in [3.63, 3.8) is 0 Å². The normalized spacial score (nSPS) is 11.5. The molecule has 0 saturated carbocycles. The lowest BCUT2D eigenvalue weighted by Gasteiger charge is -2.23. The summed E-state index contributed by atoms with van der Waals surface area (Å²) in [4.78, 5) is 19.5. The van der Waals surface area contributed by atoms with Gasteiger partial charge in [-0.25, -0.2) is 9.97 Å². The molecule has 0 fully saturated rings. The van der Waals surface area contributed by atoms with E-state index in [0.717, 1.165) is 37.4 Å². The first kappa shape index (κ1) is 18.9. The number of hydrogen-bond acceptors (Lipinski definition) is 5. The van der Waals surface area contributed by atoms with Crippen molar-refractivity contribution in [2.75, 3.05) is 24.5 Å². The zero-order chi connectivity index (χ0) is 18.7. The standard InChI is InChI=1S/C19H25N7S/c20-19(23-9-3-5-16-13-21-15-25-16)24-10-11-26(14-17-6-4-12-27-17)18-7-1-2-8-22-18/h1-2,4,6-8,12-13,15H,3,5,9-11,14H2,(H,21,25)(H3,20,23,24). The van der Waals surface area contributed by atoms with E-state index < -0.39 is 0 Å². The maximum Gasteiger partial charge on any atom is 0.188 e. The smallest absolute Gasteiger partial charge is 0.188 e. The van der Waals surface area contributed by atoms with Crippen molar-refractivity contribution in [1.29, 1.82) is 0 Å². The summed E-state index contributed by atoms with van der Waals surface area (Å²) < 4.78 is 0. The predicted octanol–water partition coefficient (Wildman–Crippen LogP) is 2.41. The molecule has 0 aromatic carbocycles. The lowest BCUT2D eigenvalue weighted by Crippen LogP contribution is -2.38. The number of imidazole rings is 1. The number of hydrogen-bond donors (Lipinski definition) is 3. The molecule has 0 saturated heterocycles. The maximum absolute atomic E-state index is 5.98. The molecule has 4 N–H and O–H groups in total. The molecule has 0 bridgehead atoms. The fourth-order valence-electron chi connectivity index (χ4n) is 2.67. The van der Waals surface area contributed by atoms with E-state index in [9.17, 15) is 0 Å². The van der Waals surface area contributed by atoms with Gasteiger partial charge in [0.05, 0.1) is 12.9 Å². The minimum Gasteiger partial charge on any atom is -0.370 e. The molecular formula is C19H25N7S. The fraction of sp³-hybridized carbons (Fsp3) is 0.316. The number of anilines is 1. The Morgan fingerprint density at radius 1 is 1.30 bits per heavy atom. The number of aromatic amines is 1. The highest BCUT2D eigenvalue weighted by molar-refractivity contribution is 7.09. The molecule has 7 nitrogen and oxygen atoms in total. The highest BCUT2D eigenvalue weighted by Crippen LogP contribution is 2.16. The van der Waals surface area contributed by atoms with Crippen LogP contribution in [0, 0.1) is 0 Å². The van der Waals surface area contributed by atoms with E-state index in [-0.39, 0.29) is 0 Å². The lowest BCUT2D eigenvalue weighted by molar-refractivity contribution is 0.742. The largest absolute Gasteiger partial charge is 0.370 e. The van der Waals surface area contributed by atoms with Gasteiger partial charge in [-0.2, -0.15) is 0 Å². The van der Waals surface area contributed by atoms with E-state index in [2.05, 4.69) is 47.7 Å². The van der Waals surface area contributed by atoms with Crippen molar-refractivity contribution < 1.29 is 0 Å². The molecule has 3 rings (SSSR count). The Kier molecular flexibility index (Phi) is 7.23. The Balaban J connectivity index is 1.44. The summed E-state index contributed by atoms with van der Waals surface area (Å²) in [6, 6.07) is 10.2. The van der Waals surface area contributed by atoms with E-state index in [1.54, 1.807) is 17.7 Å². The molecule has 8 heteroatoms. The van der Waals surface area contributed by atoms with Gasteiger partial charge >= 0.3 is 0 Å². The van der Waals surface area contributed by atoms with Crippen LogP contribution in [-0.4, -0.2) is 40.5 Å². The molecule has 0 unspecified atom stereocenters. The Labute approximate surface area is 163 Å². The number of nitrogens with zero attached hydrogens (tertiary/aromatic N) is 4. The number of nitrogens with one attached hydrogen (secondary N) is 2. The first-order chi connectivity index (χ1) is 13.3. The van der Waals surface area contributed by atoms with Gasteiger partial charge in [-0.1, -0.05) is 12.1 Å². The number of nitrogens with two attached hydrogens (primary N) is 1. The van der Waals surface area contributed by atoms with Crippen LogP contribution in [0.15, 0.2) is 59.4 Å². The van der Waals surface area contributed by atoms with Crippen molar-refractivity contribution in [3.8, 4) is 0 Å². The molecule has 27 heavy (non-hydrogen) atoms. The Hall–Kier alpha value is -2.87. The molecule has 142 valence electrons. The number of guanidine groups is 1. The van der Waals surface area contributed by atoms with Gasteiger partial charge in [0.1, 0.15) is 5.82 Å². The van der Waals surface area contributed by atoms with Crippen LogP contribution in [0.5, 0.6) is 0 Å². The molecule has 0 aliphatic heterocycles. The monoisotopic (exact) mass is 383 g/mol. The SMILES string of the molecule is NC(=NCCCc1cnc[nH]1)NCCN(Cc1cccs1)c1ccccn1. The van der Waals surface area contributed by atoms with Crippen LogP contribution >= 0.6 is 11.3 Å². The molecule has 0 radical (unpaired) electrons. The van der Waals surface area contributed by atoms with E-state index in [1.807, 2.05) is 30.6 Å². The second-order valence-corrected chi connectivity index (χ2v) is 7.10. The summed E-state index contributed by atoms with van der Waals surface area (Å²) in [5, 5.41) is 5.29. The van der Waals surface area contributed by atoms with Gasteiger partial charge in [0, 0.05) is 42.6 Å². The van der Waals surface area contributed by atoms with Crippen LogP contribution in [0.4, 0.5) is 5.82 Å². The molecule has 0 spiro atoms. The lowest BCUT2D eigenvalue weighted by atomic mass is 10.2. The third-order valence-electron chi connectivity index (χ3n) is 4.03. The molecule has 3 heterocycles. The average molecular weight is 384 g/mol. The first-order valence-corrected chi connectivity index (χ1v) is 9.88. The summed E-state index contributed by atoms with van der Waals surface area (Å²) in [7, 11) is 0. The second kappa shape index (κ2) is 10.3. The number of aliphatic imine (C=N–C) groups is 1. The van der Waals surface area contributed by atoms with Crippen LogP contribution in [-0.2, 0) is 13.0 Å². The summed E-state index contributed by atoms with van der Waals surface area (Å²) in [6.07, 6.45) is 7.21. The summed E-state index contributed by atoms with van der Waals surface area (Å²) in [6.45, 7) is 3.02. The van der Waals surface area contributed by atoms with E-state index in [1.165, 1.54) is 4.88 Å². The number of rotatable bonds is 10. The number of aryl methyl sites for hydroxylation is 1. The van der Waals surface area contributed by atoms with Crippen LogP contribution in [0.25, 0.3) is 0 Å². The number of thiophene rings is 1. The Morgan fingerprint density at radius 3 is 3.00 bits per heavy atom. The Morgan fingerprint density at radius 2 is 2.26 bits per heavy atom. The maximum atomic E-state index is 5.98. The van der Waals surface area contributed by atoms with Gasteiger partial charge in [-0.3, -0.25) is 4.99 Å². The molecular weight excluding hydrogens is 358 g/mol. The number of H-pyrrole nitrogens is 1. The van der Waals surface area contributed by atoms with Crippen LogP contribution in [0.3, 0.4) is 0 Å². The molecule has 3 aromatic heterocycles. The van der Waals surface area contributed by atoms with Gasteiger partial charge in [0.25, 0.3) is 0 Å². The third-order valence-corrected chi connectivity index (χ3v) is 4.89. The minimum atomic E-state index is 0.483. The van der Waals surface area contributed by atoms with E-state index in [4.69, 9.17) is 5.73 Å². The summed E-state index contributed by atoms with van der Waals surface area (Å²) in [5.41, 5.74) is 7.10. The zero-order valence-corrected chi connectivity index (χ0v) is 16.0. The van der Waals surface area contributed by atoms with Crippen molar-refractivity contribution in [2.45, 2.75) is 19.4 Å². The van der Waals surface area contributed by atoms with Crippen molar-refractivity contribution in [3.05, 3.63) is 65.0 Å². The number of pyridine rings is 1. The third kappa shape index (κ3) is 6.41. The van der Waals surface area contributed by atoms with Crippen LogP contribution in [0.2, 0.25) is 0 Å². The summed E-state index contributed by atoms with van der Waals surface area (Å²) in [5.74, 6) is 1.44. The van der Waals surface area contributed by atoms with E-state index >= 15 is 0 Å². The quantitative estimate of drug-likeness (QED) is 0.284. The second-order valence-electron chi connectivity index (χ2n) is 6.06. The first-order valence-electron chi connectivity index (χ1n) is 9.00. The van der Waals surface area contributed by atoms with Gasteiger partial charge in [0.2, 0.25) is 0 Å². The van der Waals surface area contributed by atoms with Crippen LogP contribution in [0.1, 0.15) is 17.0 Å². The number of aromatic nitrogens is 3. The van der Waals surface area contributed by atoms with Gasteiger partial charge in [-0.15, -0.1) is 11.3 Å². The highest BCUT2D eigenvalue weighted by Gasteiger charge is 2.09. The van der Waals surface area contributed by atoms with Crippen molar-refractivity contribution in [2.24, 2.45) is 10.7 Å². The zero-order valence-electron chi connectivity index (χ0n) is 15.2. The molecule has 0 amide bonds. The van der Waals surface area contributed by atoms with Crippen molar-refractivity contribution in [1.82, 2.24) is 20.3 Å². The highest BCUT2D eigenvalue weighted by atomic mass is 32.1. The minimum absolute atomic E-state index is 0.483. The predicted molar refractivity (Wildman–Crippen MR) is 111 cm³/mol. The average Bonchev–Trinajstić information content (AvgIpc) is 3.39. The molecule has 3 aromatic rings. The summed E-state index contributed by atoms with van der Waals surface area (Å²) >= 11 is 1.75. The van der Waals surface area contributed by atoms with E-state index in [0.29, 0.717) is 19.0 Å².